The smallest absolute Gasteiger partial charge is 0.253 e. The first kappa shape index (κ1) is 17.9. The van der Waals surface area contributed by atoms with Crippen molar-refractivity contribution in [1.29, 1.82) is 0 Å². The van der Waals surface area contributed by atoms with E-state index in [2.05, 4.69) is 31.1 Å². The van der Waals surface area contributed by atoms with Crippen molar-refractivity contribution < 1.29 is 4.79 Å². The number of hydrogen-bond donors (Lipinski definition) is 1. The van der Waals surface area contributed by atoms with Crippen molar-refractivity contribution in [2.45, 2.75) is 53.5 Å². The Morgan fingerprint density at radius 1 is 1.44 bits per heavy atom. The number of anilines is 1. The van der Waals surface area contributed by atoms with Crippen LogP contribution >= 0.6 is 11.3 Å². The Balaban J connectivity index is 1.68. The van der Waals surface area contributed by atoms with Gasteiger partial charge in [-0.2, -0.15) is 0 Å². The molecule has 1 amide bonds. The molecule has 25 heavy (non-hydrogen) atoms. The summed E-state index contributed by atoms with van der Waals surface area (Å²) in [6.07, 6.45) is 4.78. The number of nitrogens with zero attached hydrogens (tertiary/aromatic N) is 2. The molecule has 1 aliphatic rings. The van der Waals surface area contributed by atoms with Crippen molar-refractivity contribution >= 4 is 22.4 Å². The zero-order chi connectivity index (χ0) is 18.2. The third-order valence-corrected chi connectivity index (χ3v) is 5.97. The SMILES string of the molecule is Cc1cccn(CC(=O)Nc2nc3c(s2)CC(C(C)(C)C)CC3)c1=O. The van der Waals surface area contributed by atoms with Crippen LogP contribution < -0.4 is 10.9 Å². The molecule has 6 heteroatoms. The number of pyridine rings is 1. The fraction of sp³-hybridized carbons (Fsp3) is 0.526. The fourth-order valence-electron chi connectivity index (χ4n) is 3.26. The van der Waals surface area contributed by atoms with Crippen LogP contribution in [0.15, 0.2) is 23.1 Å². The van der Waals surface area contributed by atoms with Gasteiger partial charge in [-0.15, -0.1) is 11.3 Å². The minimum absolute atomic E-state index is 0.00930. The molecule has 1 N–H and O–H groups in total. The van der Waals surface area contributed by atoms with Crippen LogP contribution in [0.5, 0.6) is 0 Å². The normalized spacial score (nSPS) is 17.2. The molecule has 0 spiro atoms. The standard InChI is InChI=1S/C19H25N3O2S/c1-12-6-5-9-22(17(12)24)11-16(23)21-18-20-14-8-7-13(19(2,3)4)10-15(14)25-18/h5-6,9,13H,7-8,10-11H2,1-4H3,(H,20,21,23). The maximum atomic E-state index is 12.3. The minimum Gasteiger partial charge on any atom is -0.306 e. The second kappa shape index (κ2) is 6.75. The number of amides is 1. The van der Waals surface area contributed by atoms with E-state index < -0.39 is 0 Å². The summed E-state index contributed by atoms with van der Waals surface area (Å²) >= 11 is 1.57. The van der Waals surface area contributed by atoms with Crippen LogP contribution in [0.1, 0.15) is 43.3 Å². The van der Waals surface area contributed by atoms with Gasteiger partial charge in [0.15, 0.2) is 5.13 Å². The Morgan fingerprint density at radius 2 is 2.20 bits per heavy atom. The molecule has 2 aromatic heterocycles. The highest BCUT2D eigenvalue weighted by Gasteiger charge is 2.30. The van der Waals surface area contributed by atoms with Crippen molar-refractivity contribution in [2.24, 2.45) is 11.3 Å². The van der Waals surface area contributed by atoms with Crippen LogP contribution in [0.4, 0.5) is 5.13 Å². The van der Waals surface area contributed by atoms with Crippen molar-refractivity contribution in [3.05, 3.63) is 44.8 Å². The summed E-state index contributed by atoms with van der Waals surface area (Å²) in [4.78, 5) is 30.2. The van der Waals surface area contributed by atoms with E-state index in [9.17, 15) is 9.59 Å². The zero-order valence-corrected chi connectivity index (χ0v) is 16.1. The van der Waals surface area contributed by atoms with Crippen LogP contribution in [0.3, 0.4) is 0 Å². The summed E-state index contributed by atoms with van der Waals surface area (Å²) in [6, 6.07) is 3.52. The summed E-state index contributed by atoms with van der Waals surface area (Å²) < 4.78 is 1.42. The van der Waals surface area contributed by atoms with Gasteiger partial charge < -0.3 is 9.88 Å². The predicted molar refractivity (Wildman–Crippen MR) is 101 cm³/mol. The van der Waals surface area contributed by atoms with E-state index in [1.165, 1.54) is 9.44 Å². The lowest BCUT2D eigenvalue weighted by Crippen LogP contribution is -2.28. The molecule has 0 radical (unpaired) electrons. The van der Waals surface area contributed by atoms with E-state index in [-0.39, 0.29) is 23.4 Å². The maximum Gasteiger partial charge on any atom is 0.253 e. The second-order valence-corrected chi connectivity index (χ2v) is 8.95. The monoisotopic (exact) mass is 359 g/mol. The van der Waals surface area contributed by atoms with Crippen LogP contribution in [0.2, 0.25) is 0 Å². The largest absolute Gasteiger partial charge is 0.306 e. The Kier molecular flexibility index (Phi) is 4.82. The number of fused-ring (bicyclic) bond motifs is 1. The maximum absolute atomic E-state index is 12.3. The van der Waals surface area contributed by atoms with Gasteiger partial charge >= 0.3 is 0 Å². The molecule has 0 fully saturated rings. The molecule has 0 bridgehead atoms. The zero-order valence-electron chi connectivity index (χ0n) is 15.3. The van der Waals surface area contributed by atoms with Crippen LogP contribution in [-0.4, -0.2) is 15.5 Å². The summed E-state index contributed by atoms with van der Waals surface area (Å²) in [5.41, 5.74) is 1.91. The molecule has 2 heterocycles. The average molecular weight is 359 g/mol. The van der Waals surface area contributed by atoms with Crippen molar-refractivity contribution in [1.82, 2.24) is 9.55 Å². The lowest BCUT2D eigenvalue weighted by Gasteiger charge is -2.33. The molecule has 3 rings (SSSR count). The first-order chi connectivity index (χ1) is 11.7. The minimum atomic E-state index is -0.217. The van der Waals surface area contributed by atoms with E-state index in [1.54, 1.807) is 36.6 Å². The Hall–Kier alpha value is -1.95. The van der Waals surface area contributed by atoms with Crippen molar-refractivity contribution in [3.8, 4) is 0 Å². The lowest BCUT2D eigenvalue weighted by molar-refractivity contribution is -0.116. The molecule has 1 atom stereocenters. The van der Waals surface area contributed by atoms with E-state index in [1.807, 2.05) is 0 Å². The molecule has 0 aromatic carbocycles. The van der Waals surface area contributed by atoms with Crippen LogP contribution in [-0.2, 0) is 24.2 Å². The molecular weight excluding hydrogens is 334 g/mol. The number of carbonyl (C=O) groups is 1. The molecule has 1 unspecified atom stereocenters. The number of hydrogen-bond acceptors (Lipinski definition) is 4. The third-order valence-electron chi connectivity index (χ3n) is 4.94. The van der Waals surface area contributed by atoms with Crippen molar-refractivity contribution in [3.63, 3.8) is 0 Å². The molecule has 0 aliphatic heterocycles. The van der Waals surface area contributed by atoms with Gasteiger partial charge in [0.05, 0.1) is 5.69 Å². The highest BCUT2D eigenvalue weighted by atomic mass is 32.1. The Morgan fingerprint density at radius 3 is 2.92 bits per heavy atom. The van der Waals surface area contributed by atoms with Gasteiger partial charge in [-0.25, -0.2) is 4.98 Å². The Bertz CT molecular complexity index is 845. The summed E-state index contributed by atoms with van der Waals surface area (Å²) in [7, 11) is 0. The van der Waals surface area contributed by atoms with Gasteiger partial charge in [0.25, 0.3) is 5.56 Å². The molecule has 134 valence electrons. The summed E-state index contributed by atoms with van der Waals surface area (Å²) in [6.45, 7) is 8.61. The quantitative estimate of drug-likeness (QED) is 0.913. The first-order valence-electron chi connectivity index (χ1n) is 8.68. The van der Waals surface area contributed by atoms with E-state index in [0.29, 0.717) is 16.6 Å². The second-order valence-electron chi connectivity index (χ2n) is 7.87. The number of nitrogens with one attached hydrogen (secondary N) is 1. The van der Waals surface area contributed by atoms with Crippen LogP contribution in [0.25, 0.3) is 0 Å². The van der Waals surface area contributed by atoms with E-state index >= 15 is 0 Å². The lowest BCUT2D eigenvalue weighted by atomic mass is 9.73. The number of carbonyl (C=O) groups excluding carboxylic acids is 1. The fourth-order valence-corrected chi connectivity index (χ4v) is 4.37. The molecule has 0 saturated heterocycles. The molecular formula is C19H25N3O2S. The van der Waals surface area contributed by atoms with Gasteiger partial charge in [-0.1, -0.05) is 26.8 Å². The number of aromatic nitrogens is 2. The average Bonchev–Trinajstić information content (AvgIpc) is 2.92. The van der Waals surface area contributed by atoms with Gasteiger partial charge in [0.1, 0.15) is 6.54 Å². The van der Waals surface area contributed by atoms with Gasteiger partial charge in [-0.3, -0.25) is 9.59 Å². The number of rotatable bonds is 3. The van der Waals surface area contributed by atoms with Gasteiger partial charge in [-0.05, 0) is 43.6 Å². The number of thiazole rings is 1. The first-order valence-corrected chi connectivity index (χ1v) is 9.50. The molecule has 5 nitrogen and oxygen atoms in total. The summed E-state index contributed by atoms with van der Waals surface area (Å²) in [5, 5.41) is 3.50. The van der Waals surface area contributed by atoms with Gasteiger partial charge in [0, 0.05) is 16.6 Å². The van der Waals surface area contributed by atoms with E-state index in [4.69, 9.17) is 0 Å². The van der Waals surface area contributed by atoms with Crippen LogP contribution in [0, 0.1) is 18.3 Å². The highest BCUT2D eigenvalue weighted by molar-refractivity contribution is 7.15. The molecule has 2 aromatic rings. The highest BCUT2D eigenvalue weighted by Crippen LogP contribution is 2.40. The third kappa shape index (κ3) is 4.00. The Labute approximate surface area is 152 Å². The van der Waals surface area contributed by atoms with E-state index in [0.717, 1.165) is 25.0 Å². The summed E-state index contributed by atoms with van der Waals surface area (Å²) in [5.74, 6) is 0.432. The van der Waals surface area contributed by atoms with Crippen molar-refractivity contribution in [2.75, 3.05) is 5.32 Å². The predicted octanol–water partition coefficient (Wildman–Crippen LogP) is 3.40. The van der Waals surface area contributed by atoms with Gasteiger partial charge in [0.2, 0.25) is 5.91 Å². The molecule has 1 aliphatic carbocycles. The number of aryl methyl sites for hydroxylation is 2. The topological polar surface area (TPSA) is 64.0 Å². The molecule has 0 saturated carbocycles.